The van der Waals surface area contributed by atoms with Crippen LogP contribution in [0.4, 0.5) is 5.95 Å². The van der Waals surface area contributed by atoms with Gasteiger partial charge in [0.25, 0.3) is 5.56 Å². The highest BCUT2D eigenvalue weighted by molar-refractivity contribution is 5.72. The van der Waals surface area contributed by atoms with Crippen molar-refractivity contribution in [2.24, 2.45) is 0 Å². The molecule has 88 valence electrons. The molecule has 0 unspecified atom stereocenters. The molecule has 0 fully saturated rings. The molecule has 0 saturated carbocycles. The molecule has 0 bridgehead atoms. The van der Waals surface area contributed by atoms with Crippen LogP contribution in [-0.4, -0.2) is 29.6 Å². The van der Waals surface area contributed by atoms with Crippen molar-refractivity contribution in [2.45, 2.75) is 20.3 Å². The monoisotopic (exact) mass is 225 g/mol. The van der Waals surface area contributed by atoms with Gasteiger partial charge >= 0.3 is 5.97 Å². The highest BCUT2D eigenvalue weighted by atomic mass is 16.5. The van der Waals surface area contributed by atoms with E-state index in [2.05, 4.69) is 20.0 Å². The Kier molecular flexibility index (Phi) is 4.04. The van der Waals surface area contributed by atoms with Crippen molar-refractivity contribution < 1.29 is 9.53 Å². The Morgan fingerprint density at radius 3 is 2.75 bits per heavy atom. The molecule has 1 heterocycles. The molecule has 16 heavy (non-hydrogen) atoms. The SMILES string of the molecule is CCNc1nc(C)c(CC(=O)OC)c(=O)[nH]1. The molecule has 0 spiro atoms. The highest BCUT2D eigenvalue weighted by Crippen LogP contribution is 2.03. The average molecular weight is 225 g/mol. The van der Waals surface area contributed by atoms with Crippen molar-refractivity contribution in [1.29, 1.82) is 0 Å². The summed E-state index contributed by atoms with van der Waals surface area (Å²) >= 11 is 0. The minimum absolute atomic E-state index is 0.0585. The first kappa shape index (κ1) is 12.2. The zero-order chi connectivity index (χ0) is 12.1. The van der Waals surface area contributed by atoms with Crippen LogP contribution >= 0.6 is 0 Å². The van der Waals surface area contributed by atoms with Gasteiger partial charge in [-0.25, -0.2) is 4.98 Å². The van der Waals surface area contributed by atoms with Crippen molar-refractivity contribution in [2.75, 3.05) is 19.0 Å². The Balaban J connectivity index is 3.03. The van der Waals surface area contributed by atoms with Crippen molar-refractivity contribution in [3.8, 4) is 0 Å². The van der Waals surface area contributed by atoms with E-state index >= 15 is 0 Å². The van der Waals surface area contributed by atoms with Crippen molar-refractivity contribution in [1.82, 2.24) is 9.97 Å². The van der Waals surface area contributed by atoms with Gasteiger partial charge in [0.2, 0.25) is 5.95 Å². The molecule has 0 aliphatic heterocycles. The van der Waals surface area contributed by atoms with E-state index in [1.807, 2.05) is 6.92 Å². The number of rotatable bonds is 4. The number of nitrogens with zero attached hydrogens (tertiary/aromatic N) is 1. The Labute approximate surface area is 93.0 Å². The van der Waals surface area contributed by atoms with Crippen LogP contribution in [-0.2, 0) is 16.0 Å². The smallest absolute Gasteiger partial charge is 0.310 e. The number of nitrogens with one attached hydrogen (secondary N) is 2. The lowest BCUT2D eigenvalue weighted by atomic mass is 10.2. The highest BCUT2D eigenvalue weighted by Gasteiger charge is 2.12. The van der Waals surface area contributed by atoms with Gasteiger partial charge in [-0.05, 0) is 13.8 Å². The van der Waals surface area contributed by atoms with Gasteiger partial charge in [-0.1, -0.05) is 0 Å². The van der Waals surface area contributed by atoms with Crippen LogP contribution in [0.5, 0.6) is 0 Å². The van der Waals surface area contributed by atoms with E-state index in [0.29, 0.717) is 23.8 Å². The quantitative estimate of drug-likeness (QED) is 0.716. The van der Waals surface area contributed by atoms with Crippen LogP contribution in [0, 0.1) is 6.92 Å². The lowest BCUT2D eigenvalue weighted by Crippen LogP contribution is -2.22. The lowest BCUT2D eigenvalue weighted by Gasteiger charge is -2.06. The predicted octanol–water partition coefficient (Wildman–Crippen LogP) is 0.226. The number of hydrogen-bond acceptors (Lipinski definition) is 5. The summed E-state index contributed by atoms with van der Waals surface area (Å²) in [4.78, 5) is 29.4. The molecular weight excluding hydrogens is 210 g/mol. The van der Waals surface area contributed by atoms with Gasteiger partial charge < -0.3 is 10.1 Å². The third-order valence-electron chi connectivity index (χ3n) is 2.12. The maximum atomic E-state index is 11.6. The standard InChI is InChI=1S/C10H15N3O3/c1-4-11-10-12-6(2)7(9(15)13-10)5-8(14)16-3/h4-5H2,1-3H3,(H2,11,12,13,15). The summed E-state index contributed by atoms with van der Waals surface area (Å²) in [7, 11) is 1.28. The molecule has 0 aliphatic carbocycles. The number of aromatic amines is 1. The topological polar surface area (TPSA) is 84.1 Å². The van der Waals surface area contributed by atoms with E-state index in [1.54, 1.807) is 6.92 Å². The molecule has 2 N–H and O–H groups in total. The number of carbonyl (C=O) groups excluding carboxylic acids is 1. The largest absolute Gasteiger partial charge is 0.469 e. The number of H-pyrrole nitrogens is 1. The molecule has 6 nitrogen and oxygen atoms in total. The molecule has 1 aromatic rings. The number of ether oxygens (including phenoxy) is 1. The number of anilines is 1. The van der Waals surface area contributed by atoms with Crippen molar-refractivity contribution in [3.05, 3.63) is 21.6 Å². The number of aromatic nitrogens is 2. The zero-order valence-electron chi connectivity index (χ0n) is 9.59. The Morgan fingerprint density at radius 2 is 2.25 bits per heavy atom. The molecule has 0 aromatic carbocycles. The first-order chi connectivity index (χ1) is 7.58. The molecule has 0 atom stereocenters. The summed E-state index contributed by atoms with van der Waals surface area (Å²) in [6, 6.07) is 0. The summed E-state index contributed by atoms with van der Waals surface area (Å²) in [5.41, 5.74) is 0.562. The molecule has 0 saturated heterocycles. The van der Waals surface area contributed by atoms with E-state index in [-0.39, 0.29) is 12.0 Å². The third kappa shape index (κ3) is 2.82. The predicted molar refractivity (Wildman–Crippen MR) is 59.5 cm³/mol. The summed E-state index contributed by atoms with van der Waals surface area (Å²) in [5, 5.41) is 2.90. The van der Waals surface area contributed by atoms with Gasteiger partial charge in [-0.2, -0.15) is 0 Å². The summed E-state index contributed by atoms with van der Waals surface area (Å²) in [6.45, 7) is 4.25. The second kappa shape index (κ2) is 5.29. The van der Waals surface area contributed by atoms with E-state index < -0.39 is 5.97 Å². The van der Waals surface area contributed by atoms with Crippen molar-refractivity contribution >= 4 is 11.9 Å². The number of aryl methyl sites for hydroxylation is 1. The van der Waals surface area contributed by atoms with Gasteiger partial charge in [-0.3, -0.25) is 14.6 Å². The van der Waals surface area contributed by atoms with E-state index in [0.717, 1.165) is 0 Å². The first-order valence-corrected chi connectivity index (χ1v) is 4.99. The Morgan fingerprint density at radius 1 is 1.56 bits per heavy atom. The number of methoxy groups -OCH3 is 1. The summed E-state index contributed by atoms with van der Waals surface area (Å²) in [6.07, 6.45) is -0.0585. The molecular formula is C10H15N3O3. The third-order valence-corrected chi connectivity index (χ3v) is 2.12. The number of hydrogen-bond donors (Lipinski definition) is 2. The average Bonchev–Trinajstić information content (AvgIpc) is 2.23. The summed E-state index contributed by atoms with van der Waals surface area (Å²) in [5.74, 6) is -0.0368. The minimum Gasteiger partial charge on any atom is -0.469 e. The number of carbonyl (C=O) groups is 1. The second-order valence-corrected chi connectivity index (χ2v) is 3.26. The van der Waals surface area contributed by atoms with E-state index in [9.17, 15) is 9.59 Å². The van der Waals surface area contributed by atoms with Gasteiger partial charge in [0.1, 0.15) is 0 Å². The van der Waals surface area contributed by atoms with Crippen LogP contribution in [0.15, 0.2) is 4.79 Å². The molecule has 6 heteroatoms. The molecule has 0 amide bonds. The van der Waals surface area contributed by atoms with Crippen LogP contribution in [0.25, 0.3) is 0 Å². The molecule has 1 rings (SSSR count). The number of esters is 1. The molecule has 1 aromatic heterocycles. The van der Waals surface area contributed by atoms with E-state index in [1.165, 1.54) is 7.11 Å². The fourth-order valence-corrected chi connectivity index (χ4v) is 1.29. The van der Waals surface area contributed by atoms with Gasteiger partial charge in [0.15, 0.2) is 0 Å². The molecule has 0 aliphatic rings. The fourth-order valence-electron chi connectivity index (χ4n) is 1.29. The van der Waals surface area contributed by atoms with E-state index in [4.69, 9.17) is 0 Å². The maximum Gasteiger partial charge on any atom is 0.310 e. The van der Waals surface area contributed by atoms with Gasteiger partial charge in [-0.15, -0.1) is 0 Å². The first-order valence-electron chi connectivity index (χ1n) is 4.99. The van der Waals surface area contributed by atoms with Gasteiger partial charge in [0, 0.05) is 12.1 Å². The second-order valence-electron chi connectivity index (χ2n) is 3.26. The lowest BCUT2D eigenvalue weighted by molar-refractivity contribution is -0.139. The fraction of sp³-hybridized carbons (Fsp3) is 0.500. The Bertz CT molecular complexity index is 439. The zero-order valence-corrected chi connectivity index (χ0v) is 9.59. The normalized spacial score (nSPS) is 9.94. The Hall–Kier alpha value is -1.85. The van der Waals surface area contributed by atoms with Crippen LogP contribution in [0.2, 0.25) is 0 Å². The van der Waals surface area contributed by atoms with Crippen molar-refractivity contribution in [3.63, 3.8) is 0 Å². The maximum absolute atomic E-state index is 11.6. The van der Waals surface area contributed by atoms with Crippen LogP contribution in [0.1, 0.15) is 18.2 Å². The van der Waals surface area contributed by atoms with Crippen LogP contribution in [0.3, 0.4) is 0 Å². The summed E-state index contributed by atoms with van der Waals surface area (Å²) < 4.78 is 4.51. The minimum atomic E-state index is -0.452. The van der Waals surface area contributed by atoms with Gasteiger partial charge in [0.05, 0.1) is 19.2 Å². The molecule has 0 radical (unpaired) electrons. The van der Waals surface area contributed by atoms with Crippen LogP contribution < -0.4 is 10.9 Å².